The Morgan fingerprint density at radius 2 is 1.73 bits per heavy atom. The fraction of sp³-hybridized carbons (Fsp3) is 0.300. The van der Waals surface area contributed by atoms with Gasteiger partial charge in [-0.15, -0.1) is 0 Å². The second-order valence-electron chi connectivity index (χ2n) is 9.55. The van der Waals surface area contributed by atoms with Crippen LogP contribution in [0.4, 0.5) is 15.8 Å². The SMILES string of the molecule is O=C(O)c1ccc(-c2ccc(F)cc2)cc1/C=C/c1ccc(NCCCC2CCCCC2)c([N+](=O)[O-])c1. The maximum absolute atomic E-state index is 13.3. The highest BCUT2D eigenvalue weighted by molar-refractivity contribution is 5.94. The van der Waals surface area contributed by atoms with Crippen LogP contribution in [-0.4, -0.2) is 22.5 Å². The fourth-order valence-electron chi connectivity index (χ4n) is 4.95. The van der Waals surface area contributed by atoms with Crippen molar-refractivity contribution in [1.29, 1.82) is 0 Å². The lowest BCUT2D eigenvalue weighted by Gasteiger charge is -2.21. The summed E-state index contributed by atoms with van der Waals surface area (Å²) >= 11 is 0. The number of nitro groups is 1. The third-order valence-electron chi connectivity index (χ3n) is 6.96. The minimum absolute atomic E-state index is 0.0154. The molecule has 0 unspecified atom stereocenters. The molecule has 0 atom stereocenters. The van der Waals surface area contributed by atoms with E-state index in [1.165, 1.54) is 56.4 Å². The van der Waals surface area contributed by atoms with E-state index in [1.807, 2.05) is 0 Å². The summed E-state index contributed by atoms with van der Waals surface area (Å²) < 4.78 is 13.3. The zero-order valence-corrected chi connectivity index (χ0v) is 20.7. The van der Waals surface area contributed by atoms with Crippen LogP contribution in [0.2, 0.25) is 0 Å². The lowest BCUT2D eigenvalue weighted by molar-refractivity contribution is -0.384. The number of nitrogens with one attached hydrogen (secondary N) is 1. The van der Waals surface area contributed by atoms with Gasteiger partial charge in [0.05, 0.1) is 10.5 Å². The van der Waals surface area contributed by atoms with E-state index in [4.69, 9.17) is 0 Å². The first-order valence-corrected chi connectivity index (χ1v) is 12.7. The van der Waals surface area contributed by atoms with Gasteiger partial charge in [-0.2, -0.15) is 0 Å². The highest BCUT2D eigenvalue weighted by Gasteiger charge is 2.16. The van der Waals surface area contributed by atoms with Gasteiger partial charge >= 0.3 is 5.97 Å². The number of hydrogen-bond donors (Lipinski definition) is 2. The van der Waals surface area contributed by atoms with Crippen molar-refractivity contribution in [2.75, 3.05) is 11.9 Å². The number of anilines is 1. The molecule has 0 bridgehead atoms. The predicted octanol–water partition coefficient (Wildman–Crippen LogP) is 8.04. The number of carboxylic acid groups (broad SMARTS) is 1. The molecule has 3 aromatic carbocycles. The molecule has 0 aromatic heterocycles. The first kappa shape index (κ1) is 26.1. The van der Waals surface area contributed by atoms with Crippen LogP contribution in [-0.2, 0) is 0 Å². The van der Waals surface area contributed by atoms with Gasteiger partial charge in [0, 0.05) is 12.6 Å². The van der Waals surface area contributed by atoms with Crippen molar-refractivity contribution in [3.05, 3.63) is 93.3 Å². The maximum atomic E-state index is 13.3. The third-order valence-corrected chi connectivity index (χ3v) is 6.96. The zero-order valence-electron chi connectivity index (χ0n) is 20.7. The lowest BCUT2D eigenvalue weighted by atomic mass is 9.86. The van der Waals surface area contributed by atoms with Crippen molar-refractivity contribution in [1.82, 2.24) is 0 Å². The van der Waals surface area contributed by atoms with Crippen LogP contribution in [0.5, 0.6) is 0 Å². The number of rotatable bonds is 10. The molecule has 0 radical (unpaired) electrons. The average Bonchev–Trinajstić information content (AvgIpc) is 2.91. The van der Waals surface area contributed by atoms with E-state index in [1.54, 1.807) is 48.6 Å². The molecule has 7 heteroatoms. The highest BCUT2D eigenvalue weighted by atomic mass is 19.1. The van der Waals surface area contributed by atoms with Crippen molar-refractivity contribution in [3.8, 4) is 11.1 Å². The minimum Gasteiger partial charge on any atom is -0.478 e. The van der Waals surface area contributed by atoms with Crippen molar-refractivity contribution in [2.24, 2.45) is 5.92 Å². The standard InChI is InChI=1S/C30H31FN2O4/c31-26-14-11-23(12-15-26)24-13-16-27(30(34)35)25(20-24)10-8-22-9-17-28(29(19-22)33(36)37)32-18-4-7-21-5-2-1-3-6-21/h8-17,19-21,32H,1-7,18H2,(H,34,35)/b10-8+. The summed E-state index contributed by atoms with van der Waals surface area (Å²) in [5, 5.41) is 24.6. The van der Waals surface area contributed by atoms with Crippen LogP contribution < -0.4 is 5.32 Å². The number of nitro benzene ring substituents is 1. The first-order chi connectivity index (χ1) is 17.9. The Hall–Kier alpha value is -4.00. The van der Waals surface area contributed by atoms with Gasteiger partial charge in [-0.1, -0.05) is 68.5 Å². The van der Waals surface area contributed by atoms with Crippen molar-refractivity contribution in [2.45, 2.75) is 44.9 Å². The second kappa shape index (κ2) is 12.3. The van der Waals surface area contributed by atoms with Crippen LogP contribution in [0.1, 0.15) is 66.4 Å². The molecule has 0 saturated heterocycles. The Morgan fingerprint density at radius 3 is 2.43 bits per heavy atom. The summed E-state index contributed by atoms with van der Waals surface area (Å²) in [5.74, 6) is -0.658. The van der Waals surface area contributed by atoms with Gasteiger partial charge in [-0.3, -0.25) is 10.1 Å². The molecule has 6 nitrogen and oxygen atoms in total. The Bertz CT molecular complexity index is 1280. The molecule has 37 heavy (non-hydrogen) atoms. The molecule has 1 aliphatic carbocycles. The van der Waals surface area contributed by atoms with Gasteiger partial charge in [0.1, 0.15) is 11.5 Å². The number of benzene rings is 3. The van der Waals surface area contributed by atoms with E-state index in [2.05, 4.69) is 5.32 Å². The highest BCUT2D eigenvalue weighted by Crippen LogP contribution is 2.30. The summed E-state index contributed by atoms with van der Waals surface area (Å²) in [6.45, 7) is 0.685. The number of carboxylic acids is 1. The summed E-state index contributed by atoms with van der Waals surface area (Å²) in [4.78, 5) is 23.1. The lowest BCUT2D eigenvalue weighted by Crippen LogP contribution is -2.10. The monoisotopic (exact) mass is 502 g/mol. The Labute approximate surface area is 216 Å². The van der Waals surface area contributed by atoms with E-state index in [0.717, 1.165) is 29.9 Å². The van der Waals surface area contributed by atoms with Crippen LogP contribution in [0, 0.1) is 21.8 Å². The van der Waals surface area contributed by atoms with E-state index in [9.17, 15) is 24.4 Å². The van der Waals surface area contributed by atoms with Gasteiger partial charge in [0.2, 0.25) is 0 Å². The van der Waals surface area contributed by atoms with Gasteiger partial charge in [-0.25, -0.2) is 9.18 Å². The molecule has 192 valence electrons. The largest absolute Gasteiger partial charge is 0.478 e. The van der Waals surface area contributed by atoms with Crippen LogP contribution in [0.15, 0.2) is 60.7 Å². The van der Waals surface area contributed by atoms with E-state index >= 15 is 0 Å². The number of carbonyl (C=O) groups is 1. The van der Waals surface area contributed by atoms with Crippen LogP contribution in [0.25, 0.3) is 23.3 Å². The van der Waals surface area contributed by atoms with E-state index < -0.39 is 10.9 Å². The second-order valence-corrected chi connectivity index (χ2v) is 9.55. The molecular weight excluding hydrogens is 471 g/mol. The Balaban J connectivity index is 1.49. The number of hydrogen-bond acceptors (Lipinski definition) is 4. The zero-order chi connectivity index (χ0) is 26.2. The van der Waals surface area contributed by atoms with Gasteiger partial charge < -0.3 is 10.4 Å². The van der Waals surface area contributed by atoms with Gasteiger partial charge in [0.15, 0.2) is 0 Å². The molecule has 1 saturated carbocycles. The number of halogens is 1. The summed E-state index contributed by atoms with van der Waals surface area (Å²) in [7, 11) is 0. The molecule has 4 rings (SSSR count). The number of aromatic carboxylic acids is 1. The summed E-state index contributed by atoms with van der Waals surface area (Å²) in [6.07, 6.45) is 11.9. The molecule has 0 spiro atoms. The minimum atomic E-state index is -1.08. The third kappa shape index (κ3) is 7.03. The number of nitrogens with zero attached hydrogens (tertiary/aromatic N) is 1. The van der Waals surface area contributed by atoms with Crippen LogP contribution >= 0.6 is 0 Å². The quantitative estimate of drug-likeness (QED) is 0.127. The molecule has 2 N–H and O–H groups in total. The summed E-state index contributed by atoms with van der Waals surface area (Å²) in [6, 6.07) is 15.8. The average molecular weight is 503 g/mol. The van der Waals surface area contributed by atoms with Crippen molar-refractivity contribution in [3.63, 3.8) is 0 Å². The Kier molecular flexibility index (Phi) is 8.67. The molecule has 0 aliphatic heterocycles. The normalized spacial score (nSPS) is 14.1. The molecule has 1 aliphatic rings. The Morgan fingerprint density at radius 1 is 1.00 bits per heavy atom. The molecule has 3 aromatic rings. The van der Waals surface area contributed by atoms with E-state index in [-0.39, 0.29) is 17.1 Å². The topological polar surface area (TPSA) is 92.5 Å². The van der Waals surface area contributed by atoms with Crippen molar-refractivity contribution < 1.29 is 19.2 Å². The molecule has 1 fully saturated rings. The predicted molar refractivity (Wildman–Crippen MR) is 145 cm³/mol. The smallest absolute Gasteiger partial charge is 0.336 e. The fourth-order valence-corrected chi connectivity index (χ4v) is 4.95. The molecule has 0 amide bonds. The molecular formula is C30H31FN2O4. The van der Waals surface area contributed by atoms with Gasteiger partial charge in [-0.05, 0) is 71.3 Å². The van der Waals surface area contributed by atoms with Crippen LogP contribution in [0.3, 0.4) is 0 Å². The molecule has 0 heterocycles. The van der Waals surface area contributed by atoms with E-state index in [0.29, 0.717) is 23.4 Å². The van der Waals surface area contributed by atoms with Gasteiger partial charge in [0.25, 0.3) is 5.69 Å². The summed E-state index contributed by atoms with van der Waals surface area (Å²) in [5.41, 5.74) is 3.09. The van der Waals surface area contributed by atoms with Crippen molar-refractivity contribution >= 4 is 29.5 Å². The first-order valence-electron chi connectivity index (χ1n) is 12.7. The maximum Gasteiger partial charge on any atom is 0.336 e.